The number of nitrogens with zero attached hydrogens (tertiary/aromatic N) is 2. The Bertz CT molecular complexity index is 594. The number of allylic oxidation sites excluding steroid dienone is 2. The number of amides is 1. The lowest BCUT2D eigenvalue weighted by molar-refractivity contribution is -0.116. The number of anilines is 1. The highest BCUT2D eigenvalue weighted by Crippen LogP contribution is 2.26. The van der Waals surface area contributed by atoms with E-state index in [-0.39, 0.29) is 5.91 Å². The molecule has 1 aliphatic heterocycles. The minimum Gasteiger partial charge on any atom is -0.490 e. The normalized spacial score (nSPS) is 21.4. The SMILES string of the molecule is CN1CCN(CCOc2ccccc2NC(=O)C[C@@H]2C=CCC2)CC1. The number of hydrogen-bond acceptors (Lipinski definition) is 4. The summed E-state index contributed by atoms with van der Waals surface area (Å²) in [7, 11) is 2.16. The van der Waals surface area contributed by atoms with Gasteiger partial charge in [0.1, 0.15) is 12.4 Å². The van der Waals surface area contributed by atoms with E-state index >= 15 is 0 Å². The van der Waals surface area contributed by atoms with Crippen LogP contribution in [0.2, 0.25) is 0 Å². The van der Waals surface area contributed by atoms with Gasteiger partial charge in [0.25, 0.3) is 0 Å². The van der Waals surface area contributed by atoms with Gasteiger partial charge in [-0.3, -0.25) is 9.69 Å². The molecule has 1 heterocycles. The quantitative estimate of drug-likeness (QED) is 0.773. The van der Waals surface area contributed by atoms with Crippen LogP contribution in [0.5, 0.6) is 5.75 Å². The number of carbonyl (C=O) groups is 1. The van der Waals surface area contributed by atoms with E-state index in [2.05, 4.69) is 34.3 Å². The molecule has 0 bridgehead atoms. The van der Waals surface area contributed by atoms with Crippen molar-refractivity contribution in [3.8, 4) is 5.75 Å². The zero-order chi connectivity index (χ0) is 17.5. The lowest BCUT2D eigenvalue weighted by Gasteiger charge is -2.32. The van der Waals surface area contributed by atoms with Crippen LogP contribution in [0.15, 0.2) is 36.4 Å². The topological polar surface area (TPSA) is 44.8 Å². The number of carbonyl (C=O) groups excluding carboxylic acids is 1. The standard InChI is InChI=1S/C20H29N3O2/c1-22-10-12-23(13-11-22)14-15-25-19-9-5-4-8-18(19)21-20(24)16-17-6-2-3-7-17/h2,4-6,8-9,17H,3,7,10-16H2,1H3,(H,21,24)/t17-/m1/s1. The molecule has 136 valence electrons. The van der Waals surface area contributed by atoms with Crippen LogP contribution in [-0.4, -0.2) is 62.1 Å². The molecule has 1 saturated heterocycles. The highest BCUT2D eigenvalue weighted by Gasteiger charge is 2.16. The summed E-state index contributed by atoms with van der Waals surface area (Å²) in [6.07, 6.45) is 7.03. The van der Waals surface area contributed by atoms with Crippen molar-refractivity contribution in [3.63, 3.8) is 0 Å². The molecular formula is C20H29N3O2. The highest BCUT2D eigenvalue weighted by molar-refractivity contribution is 5.92. The number of likely N-dealkylation sites (N-methyl/N-ethyl adjacent to an activating group) is 1. The van der Waals surface area contributed by atoms with Crippen molar-refractivity contribution in [3.05, 3.63) is 36.4 Å². The Morgan fingerprint density at radius 3 is 2.80 bits per heavy atom. The minimum absolute atomic E-state index is 0.0617. The molecule has 1 atom stereocenters. The first-order valence-corrected chi connectivity index (χ1v) is 9.30. The molecule has 0 saturated carbocycles. The summed E-state index contributed by atoms with van der Waals surface area (Å²) in [5.74, 6) is 1.20. The van der Waals surface area contributed by atoms with Crippen LogP contribution in [0, 0.1) is 5.92 Å². The van der Waals surface area contributed by atoms with Gasteiger partial charge in [-0.1, -0.05) is 24.3 Å². The summed E-state index contributed by atoms with van der Waals surface area (Å²) < 4.78 is 5.95. The van der Waals surface area contributed by atoms with Gasteiger partial charge in [0, 0.05) is 39.1 Å². The van der Waals surface area contributed by atoms with Gasteiger partial charge in [0.2, 0.25) is 5.91 Å². The Morgan fingerprint density at radius 1 is 1.24 bits per heavy atom. The molecule has 0 spiro atoms. The van der Waals surface area contributed by atoms with Gasteiger partial charge in [-0.25, -0.2) is 0 Å². The predicted molar refractivity (Wildman–Crippen MR) is 101 cm³/mol. The Kier molecular flexibility index (Phi) is 6.48. The fraction of sp³-hybridized carbons (Fsp3) is 0.550. The first-order chi connectivity index (χ1) is 12.2. The summed E-state index contributed by atoms with van der Waals surface area (Å²) in [5.41, 5.74) is 0.771. The Hall–Kier alpha value is -1.85. The van der Waals surface area contributed by atoms with Crippen LogP contribution in [0.4, 0.5) is 5.69 Å². The zero-order valence-corrected chi connectivity index (χ0v) is 15.1. The average molecular weight is 343 g/mol. The summed E-state index contributed by atoms with van der Waals surface area (Å²) in [6, 6.07) is 7.71. The molecule has 1 aliphatic carbocycles. The van der Waals surface area contributed by atoms with Crippen LogP contribution < -0.4 is 10.1 Å². The van der Waals surface area contributed by atoms with E-state index in [0.29, 0.717) is 18.9 Å². The zero-order valence-electron chi connectivity index (χ0n) is 15.1. The van der Waals surface area contributed by atoms with Gasteiger partial charge >= 0.3 is 0 Å². The van der Waals surface area contributed by atoms with Crippen LogP contribution >= 0.6 is 0 Å². The molecule has 1 aromatic rings. The molecule has 3 rings (SSSR count). The smallest absolute Gasteiger partial charge is 0.225 e. The van der Waals surface area contributed by atoms with E-state index in [1.165, 1.54) is 0 Å². The maximum atomic E-state index is 12.3. The Balaban J connectivity index is 1.46. The van der Waals surface area contributed by atoms with Crippen molar-refractivity contribution in [2.45, 2.75) is 19.3 Å². The van der Waals surface area contributed by atoms with Gasteiger partial charge in [0.05, 0.1) is 5.69 Å². The summed E-state index contributed by atoms with van der Waals surface area (Å²) in [6.45, 7) is 5.97. The number of para-hydroxylation sites is 2. The van der Waals surface area contributed by atoms with Crippen LogP contribution in [-0.2, 0) is 4.79 Å². The first kappa shape index (κ1) is 18.0. The molecule has 5 nitrogen and oxygen atoms in total. The number of ether oxygens (including phenoxy) is 1. The molecule has 1 fully saturated rings. The lowest BCUT2D eigenvalue weighted by atomic mass is 10.1. The number of benzene rings is 1. The Morgan fingerprint density at radius 2 is 2.04 bits per heavy atom. The minimum atomic E-state index is 0.0617. The first-order valence-electron chi connectivity index (χ1n) is 9.30. The van der Waals surface area contributed by atoms with Gasteiger partial charge in [-0.15, -0.1) is 0 Å². The van der Waals surface area contributed by atoms with Crippen LogP contribution in [0.3, 0.4) is 0 Å². The second-order valence-corrected chi connectivity index (χ2v) is 7.01. The van der Waals surface area contributed by atoms with Crippen molar-refractivity contribution in [1.29, 1.82) is 0 Å². The number of nitrogens with one attached hydrogen (secondary N) is 1. The molecule has 1 aromatic carbocycles. The molecule has 1 amide bonds. The van der Waals surface area contributed by atoms with E-state index in [1.807, 2.05) is 24.3 Å². The second kappa shape index (κ2) is 9.02. The van der Waals surface area contributed by atoms with Crippen molar-refractivity contribution in [1.82, 2.24) is 9.80 Å². The number of hydrogen-bond donors (Lipinski definition) is 1. The molecular weight excluding hydrogens is 314 g/mol. The van der Waals surface area contributed by atoms with Crippen molar-refractivity contribution < 1.29 is 9.53 Å². The third-order valence-electron chi connectivity index (χ3n) is 4.98. The third kappa shape index (κ3) is 5.58. The lowest BCUT2D eigenvalue weighted by Crippen LogP contribution is -2.45. The average Bonchev–Trinajstić information content (AvgIpc) is 3.11. The monoisotopic (exact) mass is 343 g/mol. The summed E-state index contributed by atoms with van der Waals surface area (Å²) in [4.78, 5) is 17.0. The molecule has 0 radical (unpaired) electrons. The van der Waals surface area contributed by atoms with Crippen LogP contribution in [0.25, 0.3) is 0 Å². The molecule has 2 aliphatic rings. The van der Waals surface area contributed by atoms with Gasteiger partial charge in [-0.2, -0.15) is 0 Å². The largest absolute Gasteiger partial charge is 0.490 e. The van der Waals surface area contributed by atoms with E-state index < -0.39 is 0 Å². The van der Waals surface area contributed by atoms with Gasteiger partial charge < -0.3 is 15.0 Å². The molecule has 5 heteroatoms. The van der Waals surface area contributed by atoms with Crippen molar-refractivity contribution in [2.24, 2.45) is 5.92 Å². The maximum Gasteiger partial charge on any atom is 0.225 e. The second-order valence-electron chi connectivity index (χ2n) is 7.01. The molecule has 0 aromatic heterocycles. The molecule has 25 heavy (non-hydrogen) atoms. The highest BCUT2D eigenvalue weighted by atomic mass is 16.5. The molecule has 1 N–H and O–H groups in total. The van der Waals surface area contributed by atoms with Gasteiger partial charge in [-0.05, 0) is 37.9 Å². The summed E-state index contributed by atoms with van der Waals surface area (Å²) in [5, 5.41) is 3.01. The maximum absolute atomic E-state index is 12.3. The van der Waals surface area contributed by atoms with Crippen molar-refractivity contribution >= 4 is 11.6 Å². The van der Waals surface area contributed by atoms with Crippen molar-refractivity contribution in [2.75, 3.05) is 51.7 Å². The third-order valence-corrected chi connectivity index (χ3v) is 4.98. The fourth-order valence-electron chi connectivity index (χ4n) is 3.36. The van der Waals surface area contributed by atoms with Gasteiger partial charge in [0.15, 0.2) is 0 Å². The van der Waals surface area contributed by atoms with E-state index in [4.69, 9.17) is 4.74 Å². The predicted octanol–water partition coefficient (Wildman–Crippen LogP) is 2.61. The van der Waals surface area contributed by atoms with E-state index in [9.17, 15) is 4.79 Å². The number of piperazine rings is 1. The molecule has 0 unspecified atom stereocenters. The van der Waals surface area contributed by atoms with E-state index in [1.54, 1.807) is 0 Å². The summed E-state index contributed by atoms with van der Waals surface area (Å²) >= 11 is 0. The number of rotatable bonds is 7. The Labute approximate surface area is 150 Å². The fourth-order valence-corrected chi connectivity index (χ4v) is 3.36. The van der Waals surface area contributed by atoms with Crippen LogP contribution in [0.1, 0.15) is 19.3 Å². The van der Waals surface area contributed by atoms with E-state index in [0.717, 1.165) is 57.0 Å².